The lowest BCUT2D eigenvalue weighted by Gasteiger charge is -2.15. The van der Waals surface area contributed by atoms with E-state index in [9.17, 15) is 9.59 Å². The quantitative estimate of drug-likeness (QED) is 0.726. The summed E-state index contributed by atoms with van der Waals surface area (Å²) in [6.07, 6.45) is 1.58. The fraction of sp³-hybridized carbons (Fsp3) is 0.467. The third kappa shape index (κ3) is 4.51. The molecule has 2 nitrogen and oxygen atoms in total. The lowest BCUT2D eigenvalue weighted by molar-refractivity contribution is -0.126. The van der Waals surface area contributed by atoms with E-state index in [2.05, 4.69) is 0 Å². The van der Waals surface area contributed by atoms with Gasteiger partial charge in [-0.05, 0) is 6.42 Å². The molecule has 0 aliphatic rings. The normalized spacial score (nSPS) is 11.2. The standard InChI is InChI=1S/C15H20O2/c1-15(2,3)14(17)11-7-10-13(16)12-8-5-4-6-9-12/h4-6,8-9H,7,10-11H2,1-3H3. The summed E-state index contributed by atoms with van der Waals surface area (Å²) in [6, 6.07) is 9.23. The molecular formula is C15H20O2. The number of carbonyl (C=O) groups is 2. The van der Waals surface area contributed by atoms with E-state index < -0.39 is 0 Å². The molecule has 0 heterocycles. The van der Waals surface area contributed by atoms with Crippen molar-refractivity contribution in [3.05, 3.63) is 35.9 Å². The van der Waals surface area contributed by atoms with Crippen molar-refractivity contribution in [2.75, 3.05) is 0 Å². The van der Waals surface area contributed by atoms with Crippen LogP contribution in [0.2, 0.25) is 0 Å². The van der Waals surface area contributed by atoms with Gasteiger partial charge in [-0.2, -0.15) is 0 Å². The van der Waals surface area contributed by atoms with Crippen molar-refractivity contribution in [2.45, 2.75) is 40.0 Å². The monoisotopic (exact) mass is 232 g/mol. The number of carbonyl (C=O) groups excluding carboxylic acids is 2. The summed E-state index contributed by atoms with van der Waals surface area (Å²) >= 11 is 0. The maximum Gasteiger partial charge on any atom is 0.162 e. The van der Waals surface area contributed by atoms with Crippen LogP contribution in [-0.2, 0) is 4.79 Å². The van der Waals surface area contributed by atoms with Crippen LogP contribution in [0, 0.1) is 5.41 Å². The number of hydrogen-bond donors (Lipinski definition) is 0. The fourth-order valence-corrected chi connectivity index (χ4v) is 1.55. The van der Waals surface area contributed by atoms with Crippen LogP contribution in [0.4, 0.5) is 0 Å². The van der Waals surface area contributed by atoms with Crippen LogP contribution < -0.4 is 0 Å². The second kappa shape index (κ2) is 5.76. The van der Waals surface area contributed by atoms with Gasteiger partial charge in [0, 0.05) is 23.8 Å². The highest BCUT2D eigenvalue weighted by molar-refractivity contribution is 5.96. The van der Waals surface area contributed by atoms with Crippen molar-refractivity contribution in [1.29, 1.82) is 0 Å². The van der Waals surface area contributed by atoms with Gasteiger partial charge in [0.15, 0.2) is 5.78 Å². The first-order chi connectivity index (χ1) is 7.91. The van der Waals surface area contributed by atoms with Crippen molar-refractivity contribution >= 4 is 11.6 Å². The first-order valence-corrected chi connectivity index (χ1v) is 6.03. The zero-order valence-corrected chi connectivity index (χ0v) is 10.8. The SMILES string of the molecule is CC(C)(C)C(=O)CCCC(=O)c1ccccc1. The van der Waals surface area contributed by atoms with Crippen molar-refractivity contribution in [3.8, 4) is 0 Å². The molecule has 0 amide bonds. The Morgan fingerprint density at radius 1 is 1.00 bits per heavy atom. The van der Waals surface area contributed by atoms with Gasteiger partial charge in [0.05, 0.1) is 0 Å². The second-order valence-electron chi connectivity index (χ2n) is 5.32. The van der Waals surface area contributed by atoms with E-state index in [1.54, 1.807) is 0 Å². The smallest absolute Gasteiger partial charge is 0.162 e. The lowest BCUT2D eigenvalue weighted by Crippen LogP contribution is -2.19. The molecule has 0 saturated carbocycles. The Kier molecular flexibility index (Phi) is 4.62. The Hall–Kier alpha value is -1.44. The van der Waals surface area contributed by atoms with Gasteiger partial charge >= 0.3 is 0 Å². The van der Waals surface area contributed by atoms with E-state index in [0.717, 1.165) is 5.56 Å². The Morgan fingerprint density at radius 2 is 1.59 bits per heavy atom. The van der Waals surface area contributed by atoms with E-state index in [-0.39, 0.29) is 17.0 Å². The van der Waals surface area contributed by atoms with Gasteiger partial charge in [0.25, 0.3) is 0 Å². The number of rotatable bonds is 5. The summed E-state index contributed by atoms with van der Waals surface area (Å²) in [5.74, 6) is 0.339. The molecule has 2 heteroatoms. The van der Waals surface area contributed by atoms with Crippen LogP contribution >= 0.6 is 0 Å². The van der Waals surface area contributed by atoms with E-state index in [0.29, 0.717) is 19.3 Å². The first kappa shape index (κ1) is 13.6. The van der Waals surface area contributed by atoms with Gasteiger partial charge in [-0.3, -0.25) is 9.59 Å². The Bertz CT molecular complexity index is 385. The third-order valence-electron chi connectivity index (χ3n) is 2.74. The molecule has 1 aromatic rings. The van der Waals surface area contributed by atoms with Gasteiger partial charge in [-0.25, -0.2) is 0 Å². The minimum atomic E-state index is -0.296. The molecule has 0 N–H and O–H groups in total. The Labute approximate surface area is 103 Å². The molecule has 17 heavy (non-hydrogen) atoms. The molecule has 92 valence electrons. The van der Waals surface area contributed by atoms with Gasteiger partial charge in [-0.15, -0.1) is 0 Å². The molecular weight excluding hydrogens is 212 g/mol. The molecule has 0 bridgehead atoms. The molecule has 1 aromatic carbocycles. The number of hydrogen-bond acceptors (Lipinski definition) is 2. The van der Waals surface area contributed by atoms with Crippen LogP contribution in [-0.4, -0.2) is 11.6 Å². The minimum absolute atomic E-state index is 0.118. The number of ketones is 2. The highest BCUT2D eigenvalue weighted by Crippen LogP contribution is 2.18. The summed E-state index contributed by atoms with van der Waals surface area (Å²) in [7, 11) is 0. The molecule has 0 radical (unpaired) electrons. The lowest BCUT2D eigenvalue weighted by atomic mass is 9.87. The minimum Gasteiger partial charge on any atom is -0.299 e. The maximum absolute atomic E-state index is 11.8. The molecule has 0 aliphatic carbocycles. The molecule has 1 rings (SSSR count). The average Bonchev–Trinajstić information content (AvgIpc) is 2.28. The van der Waals surface area contributed by atoms with Crippen LogP contribution in [0.1, 0.15) is 50.4 Å². The molecule has 0 fully saturated rings. The Balaban J connectivity index is 2.38. The Morgan fingerprint density at radius 3 is 2.12 bits per heavy atom. The predicted octanol–water partition coefficient (Wildman–Crippen LogP) is 3.65. The van der Waals surface area contributed by atoms with E-state index in [1.807, 2.05) is 51.1 Å². The summed E-state index contributed by atoms with van der Waals surface area (Å²) in [5.41, 5.74) is 0.436. The zero-order valence-electron chi connectivity index (χ0n) is 10.8. The van der Waals surface area contributed by atoms with Crippen LogP contribution in [0.5, 0.6) is 0 Å². The molecule has 0 aliphatic heterocycles. The second-order valence-corrected chi connectivity index (χ2v) is 5.32. The highest BCUT2D eigenvalue weighted by atomic mass is 16.1. The highest BCUT2D eigenvalue weighted by Gasteiger charge is 2.20. The zero-order chi connectivity index (χ0) is 12.9. The molecule has 0 aromatic heterocycles. The topological polar surface area (TPSA) is 34.1 Å². The predicted molar refractivity (Wildman–Crippen MR) is 69.1 cm³/mol. The molecule has 0 unspecified atom stereocenters. The number of benzene rings is 1. The van der Waals surface area contributed by atoms with Crippen LogP contribution in [0.25, 0.3) is 0 Å². The summed E-state index contributed by atoms with van der Waals surface area (Å²) < 4.78 is 0. The van der Waals surface area contributed by atoms with Crippen molar-refractivity contribution in [2.24, 2.45) is 5.41 Å². The fourth-order valence-electron chi connectivity index (χ4n) is 1.55. The molecule has 0 spiro atoms. The summed E-state index contributed by atoms with van der Waals surface area (Å²) in [4.78, 5) is 23.4. The van der Waals surface area contributed by atoms with Gasteiger partial charge < -0.3 is 0 Å². The van der Waals surface area contributed by atoms with E-state index in [1.165, 1.54) is 0 Å². The summed E-state index contributed by atoms with van der Waals surface area (Å²) in [5, 5.41) is 0. The summed E-state index contributed by atoms with van der Waals surface area (Å²) in [6.45, 7) is 5.73. The van der Waals surface area contributed by atoms with Crippen molar-refractivity contribution in [3.63, 3.8) is 0 Å². The molecule has 0 saturated heterocycles. The maximum atomic E-state index is 11.8. The van der Waals surface area contributed by atoms with E-state index in [4.69, 9.17) is 0 Å². The average molecular weight is 232 g/mol. The third-order valence-corrected chi connectivity index (χ3v) is 2.74. The van der Waals surface area contributed by atoms with Crippen LogP contribution in [0.3, 0.4) is 0 Å². The largest absolute Gasteiger partial charge is 0.299 e. The van der Waals surface area contributed by atoms with Crippen LogP contribution in [0.15, 0.2) is 30.3 Å². The van der Waals surface area contributed by atoms with Crippen molar-refractivity contribution in [1.82, 2.24) is 0 Å². The van der Waals surface area contributed by atoms with Gasteiger partial charge in [0.1, 0.15) is 5.78 Å². The van der Waals surface area contributed by atoms with Gasteiger partial charge in [0.2, 0.25) is 0 Å². The molecule has 0 atom stereocenters. The van der Waals surface area contributed by atoms with E-state index >= 15 is 0 Å². The van der Waals surface area contributed by atoms with Gasteiger partial charge in [-0.1, -0.05) is 51.1 Å². The first-order valence-electron chi connectivity index (χ1n) is 6.03. The number of Topliss-reactive ketones (excluding diaryl/α,β-unsaturated/α-hetero) is 2. The van der Waals surface area contributed by atoms with Crippen molar-refractivity contribution < 1.29 is 9.59 Å².